The smallest absolute Gasteiger partial charge is 0.336 e. The number of esters is 1. The number of rotatable bonds is 6. The Labute approximate surface area is 123 Å². The van der Waals surface area contributed by atoms with Crippen molar-refractivity contribution in [1.29, 1.82) is 0 Å². The van der Waals surface area contributed by atoms with E-state index < -0.39 is 23.9 Å². The van der Waals surface area contributed by atoms with E-state index in [1.165, 1.54) is 25.3 Å². The summed E-state index contributed by atoms with van der Waals surface area (Å²) in [6, 6.07) is 5.04. The average Bonchev–Trinajstić information content (AvgIpc) is 2.45. The molecule has 21 heavy (non-hydrogen) atoms. The highest BCUT2D eigenvalue weighted by Crippen LogP contribution is 2.11. The maximum atomic E-state index is 12.2. The third-order valence-electron chi connectivity index (χ3n) is 2.90. The van der Waals surface area contributed by atoms with Gasteiger partial charge in [0.1, 0.15) is 6.04 Å². The van der Waals surface area contributed by atoms with Crippen LogP contribution in [0.15, 0.2) is 24.3 Å². The van der Waals surface area contributed by atoms with Gasteiger partial charge >= 0.3 is 11.9 Å². The van der Waals surface area contributed by atoms with Crippen molar-refractivity contribution >= 4 is 17.8 Å². The van der Waals surface area contributed by atoms with Crippen molar-refractivity contribution in [3.05, 3.63) is 35.4 Å². The molecule has 1 atom stereocenters. The number of benzene rings is 1. The lowest BCUT2D eigenvalue weighted by molar-refractivity contribution is -0.143. The van der Waals surface area contributed by atoms with Gasteiger partial charge in [-0.25, -0.2) is 9.59 Å². The number of ether oxygens (including phenoxy) is 1. The van der Waals surface area contributed by atoms with E-state index in [1.807, 2.05) is 13.8 Å². The highest BCUT2D eigenvalue weighted by molar-refractivity contribution is 6.05. The molecule has 0 radical (unpaired) electrons. The molecular formula is C15H19NO5. The maximum absolute atomic E-state index is 12.2. The average molecular weight is 293 g/mol. The number of nitrogens with one attached hydrogen (secondary N) is 1. The molecule has 114 valence electrons. The first-order valence-corrected chi connectivity index (χ1v) is 6.57. The second-order valence-corrected chi connectivity index (χ2v) is 5.03. The lowest BCUT2D eigenvalue weighted by Crippen LogP contribution is -2.42. The van der Waals surface area contributed by atoms with E-state index >= 15 is 0 Å². The zero-order chi connectivity index (χ0) is 16.0. The molecule has 0 aromatic heterocycles. The first kappa shape index (κ1) is 16.7. The van der Waals surface area contributed by atoms with Crippen molar-refractivity contribution in [1.82, 2.24) is 5.32 Å². The summed E-state index contributed by atoms with van der Waals surface area (Å²) in [6.45, 7) is 3.82. The van der Waals surface area contributed by atoms with E-state index in [-0.39, 0.29) is 17.0 Å². The number of carboxylic acid groups (broad SMARTS) is 1. The normalized spacial score (nSPS) is 11.8. The van der Waals surface area contributed by atoms with Crippen LogP contribution in [0, 0.1) is 5.92 Å². The predicted octanol–water partition coefficient (Wildman–Crippen LogP) is 1.70. The van der Waals surface area contributed by atoms with E-state index in [1.54, 1.807) is 6.07 Å². The van der Waals surface area contributed by atoms with Crippen molar-refractivity contribution in [2.75, 3.05) is 7.11 Å². The van der Waals surface area contributed by atoms with Crippen LogP contribution in [0.1, 0.15) is 41.0 Å². The van der Waals surface area contributed by atoms with Crippen LogP contribution in [0.25, 0.3) is 0 Å². The van der Waals surface area contributed by atoms with E-state index in [0.29, 0.717) is 6.42 Å². The van der Waals surface area contributed by atoms with Gasteiger partial charge in [0.25, 0.3) is 5.91 Å². The second kappa shape index (κ2) is 7.42. The van der Waals surface area contributed by atoms with Gasteiger partial charge in [-0.05, 0) is 24.5 Å². The molecule has 1 aromatic carbocycles. The molecule has 0 aliphatic rings. The topological polar surface area (TPSA) is 92.7 Å². The molecule has 0 aliphatic heterocycles. The lowest BCUT2D eigenvalue weighted by Gasteiger charge is -2.18. The third kappa shape index (κ3) is 4.59. The molecule has 0 saturated heterocycles. The van der Waals surface area contributed by atoms with E-state index in [9.17, 15) is 14.4 Å². The SMILES string of the molecule is COC(=O)C(CC(C)C)NC(=O)c1ccccc1C(=O)O. The fraction of sp³-hybridized carbons (Fsp3) is 0.400. The van der Waals surface area contributed by atoms with Gasteiger partial charge < -0.3 is 15.2 Å². The molecule has 1 rings (SSSR count). The fourth-order valence-electron chi connectivity index (χ4n) is 1.93. The number of methoxy groups -OCH3 is 1. The number of carbonyl (C=O) groups is 3. The van der Waals surface area contributed by atoms with E-state index in [0.717, 1.165) is 0 Å². The van der Waals surface area contributed by atoms with Crippen LogP contribution in [-0.2, 0) is 9.53 Å². The largest absolute Gasteiger partial charge is 0.478 e. The number of hydrogen-bond acceptors (Lipinski definition) is 4. The Kier molecular flexibility index (Phi) is 5.90. The van der Waals surface area contributed by atoms with Crippen molar-refractivity contribution < 1.29 is 24.2 Å². The second-order valence-electron chi connectivity index (χ2n) is 5.03. The number of aromatic carboxylic acids is 1. The van der Waals surface area contributed by atoms with Gasteiger partial charge in [0.05, 0.1) is 18.2 Å². The summed E-state index contributed by atoms with van der Waals surface area (Å²) >= 11 is 0. The summed E-state index contributed by atoms with van der Waals surface area (Å²) in [6.07, 6.45) is 0.410. The fourth-order valence-corrected chi connectivity index (χ4v) is 1.93. The van der Waals surface area contributed by atoms with Gasteiger partial charge in [-0.3, -0.25) is 4.79 Å². The minimum Gasteiger partial charge on any atom is -0.478 e. The van der Waals surface area contributed by atoms with Crippen molar-refractivity contribution in [2.45, 2.75) is 26.3 Å². The molecule has 1 amide bonds. The number of carboxylic acids is 1. The summed E-state index contributed by atoms with van der Waals surface area (Å²) in [4.78, 5) is 35.0. The maximum Gasteiger partial charge on any atom is 0.336 e. The zero-order valence-corrected chi connectivity index (χ0v) is 12.3. The lowest BCUT2D eigenvalue weighted by atomic mass is 10.0. The van der Waals surface area contributed by atoms with Crippen LogP contribution in [0.2, 0.25) is 0 Å². The highest BCUT2D eigenvalue weighted by Gasteiger charge is 2.25. The van der Waals surface area contributed by atoms with Crippen LogP contribution in [0.5, 0.6) is 0 Å². The van der Waals surface area contributed by atoms with Crippen molar-refractivity contribution in [3.8, 4) is 0 Å². The molecule has 0 aliphatic carbocycles. The molecule has 0 saturated carbocycles. The van der Waals surface area contributed by atoms with Gasteiger partial charge in [0, 0.05) is 0 Å². The van der Waals surface area contributed by atoms with Crippen molar-refractivity contribution in [3.63, 3.8) is 0 Å². The Balaban J connectivity index is 2.97. The molecule has 0 spiro atoms. The van der Waals surface area contributed by atoms with Gasteiger partial charge in [0.2, 0.25) is 0 Å². The quantitative estimate of drug-likeness (QED) is 0.779. The minimum absolute atomic E-state index is 0.0164. The van der Waals surface area contributed by atoms with Crippen LogP contribution in [0.4, 0.5) is 0 Å². The predicted molar refractivity (Wildman–Crippen MR) is 76.1 cm³/mol. The number of carbonyl (C=O) groups excluding carboxylic acids is 2. The minimum atomic E-state index is -1.20. The summed E-state index contributed by atoms with van der Waals surface area (Å²) in [5.74, 6) is -2.18. The Morgan fingerprint density at radius 1 is 1.19 bits per heavy atom. The summed E-state index contributed by atoms with van der Waals surface area (Å²) in [5.41, 5.74) is -0.0918. The molecule has 6 nitrogen and oxygen atoms in total. The first-order chi connectivity index (χ1) is 9.86. The summed E-state index contributed by atoms with van der Waals surface area (Å²) in [7, 11) is 1.24. The van der Waals surface area contributed by atoms with Crippen molar-refractivity contribution in [2.24, 2.45) is 5.92 Å². The van der Waals surface area contributed by atoms with Gasteiger partial charge in [0.15, 0.2) is 0 Å². The van der Waals surface area contributed by atoms with Gasteiger partial charge in [-0.15, -0.1) is 0 Å². The molecule has 2 N–H and O–H groups in total. The molecule has 6 heteroatoms. The zero-order valence-electron chi connectivity index (χ0n) is 12.3. The van der Waals surface area contributed by atoms with E-state index in [2.05, 4.69) is 10.1 Å². The Morgan fingerprint density at radius 3 is 2.24 bits per heavy atom. The molecule has 0 bridgehead atoms. The Bertz CT molecular complexity index is 539. The third-order valence-corrected chi connectivity index (χ3v) is 2.90. The molecule has 1 aromatic rings. The Hall–Kier alpha value is -2.37. The van der Waals surface area contributed by atoms with Gasteiger partial charge in [-0.1, -0.05) is 26.0 Å². The summed E-state index contributed by atoms with van der Waals surface area (Å²) in [5, 5.41) is 11.6. The number of amides is 1. The molecule has 0 fully saturated rings. The Morgan fingerprint density at radius 2 is 1.76 bits per heavy atom. The molecular weight excluding hydrogens is 274 g/mol. The van der Waals surface area contributed by atoms with Crippen LogP contribution in [0.3, 0.4) is 0 Å². The van der Waals surface area contributed by atoms with E-state index in [4.69, 9.17) is 5.11 Å². The summed E-state index contributed by atoms with van der Waals surface area (Å²) < 4.78 is 4.66. The monoisotopic (exact) mass is 293 g/mol. The number of hydrogen-bond donors (Lipinski definition) is 2. The first-order valence-electron chi connectivity index (χ1n) is 6.57. The molecule has 1 unspecified atom stereocenters. The van der Waals surface area contributed by atoms with Crippen LogP contribution >= 0.6 is 0 Å². The van der Waals surface area contributed by atoms with Crippen LogP contribution in [-0.4, -0.2) is 36.1 Å². The van der Waals surface area contributed by atoms with Crippen LogP contribution < -0.4 is 5.32 Å². The standard InChI is InChI=1S/C15H19NO5/c1-9(2)8-12(15(20)21-3)16-13(17)10-6-4-5-7-11(10)14(18)19/h4-7,9,12H,8H2,1-3H3,(H,16,17)(H,18,19). The highest BCUT2D eigenvalue weighted by atomic mass is 16.5. The van der Waals surface area contributed by atoms with Gasteiger partial charge in [-0.2, -0.15) is 0 Å². The molecule has 0 heterocycles.